The number of rotatable bonds is 6. The molecule has 0 aliphatic heterocycles. The first kappa shape index (κ1) is 16.4. The van der Waals surface area contributed by atoms with Crippen molar-refractivity contribution in [1.29, 1.82) is 0 Å². The molecule has 112 valence electrons. The first-order chi connectivity index (χ1) is 9.47. The average molecular weight is 300 g/mol. The Morgan fingerprint density at radius 1 is 1.45 bits per heavy atom. The van der Waals surface area contributed by atoms with Gasteiger partial charge in [0.25, 0.3) is 0 Å². The molecule has 0 spiro atoms. The predicted molar refractivity (Wildman–Crippen MR) is 75.5 cm³/mol. The van der Waals surface area contributed by atoms with Crippen LogP contribution >= 0.6 is 11.3 Å². The minimum absolute atomic E-state index is 0.0824. The van der Waals surface area contributed by atoms with Crippen LogP contribution in [0.5, 0.6) is 0 Å². The van der Waals surface area contributed by atoms with Crippen LogP contribution in [0.2, 0.25) is 0 Å². The Bertz CT molecular complexity index is 459. The minimum Gasteiger partial charge on any atom is -0.467 e. The number of esters is 1. The van der Waals surface area contributed by atoms with Crippen LogP contribution in [0.1, 0.15) is 31.5 Å². The van der Waals surface area contributed by atoms with E-state index in [1.165, 1.54) is 18.4 Å². The number of carbonyl (C=O) groups is 2. The third kappa shape index (κ3) is 4.80. The van der Waals surface area contributed by atoms with Gasteiger partial charge in [0.05, 0.1) is 17.8 Å². The van der Waals surface area contributed by atoms with E-state index in [2.05, 4.69) is 15.0 Å². The summed E-state index contributed by atoms with van der Waals surface area (Å²) in [4.78, 5) is 27.5. The summed E-state index contributed by atoms with van der Waals surface area (Å²) in [5.41, 5.74) is 0.709. The van der Waals surface area contributed by atoms with Gasteiger partial charge >= 0.3 is 12.1 Å². The van der Waals surface area contributed by atoms with Crippen LogP contribution in [0.4, 0.5) is 4.79 Å². The molecule has 1 atom stereocenters. The summed E-state index contributed by atoms with van der Waals surface area (Å²) in [6.45, 7) is 5.74. The summed E-state index contributed by atoms with van der Waals surface area (Å²) in [6.07, 6.45) is 0.203. The van der Waals surface area contributed by atoms with E-state index in [0.717, 1.165) is 11.4 Å². The maximum Gasteiger partial charge on any atom is 0.408 e. The smallest absolute Gasteiger partial charge is 0.408 e. The van der Waals surface area contributed by atoms with E-state index in [0.29, 0.717) is 5.69 Å². The summed E-state index contributed by atoms with van der Waals surface area (Å²) in [7, 11) is 1.28. The van der Waals surface area contributed by atoms with Crippen LogP contribution in [0.15, 0.2) is 5.38 Å². The minimum atomic E-state index is -0.714. The van der Waals surface area contributed by atoms with Crippen LogP contribution in [0.3, 0.4) is 0 Å². The number of ether oxygens (including phenoxy) is 2. The van der Waals surface area contributed by atoms with E-state index in [-0.39, 0.29) is 12.5 Å². The van der Waals surface area contributed by atoms with Gasteiger partial charge < -0.3 is 14.8 Å². The molecule has 0 radical (unpaired) electrons. The molecule has 0 fully saturated rings. The lowest BCUT2D eigenvalue weighted by atomic mass is 10.1. The summed E-state index contributed by atoms with van der Waals surface area (Å²) in [6, 6.07) is -0.714. The third-order valence-electron chi connectivity index (χ3n) is 2.65. The first-order valence-electron chi connectivity index (χ1n) is 6.42. The lowest BCUT2D eigenvalue weighted by Gasteiger charge is -2.19. The highest BCUT2D eigenvalue weighted by atomic mass is 32.1. The van der Waals surface area contributed by atoms with Crippen molar-refractivity contribution in [3.05, 3.63) is 16.1 Å². The van der Waals surface area contributed by atoms with E-state index in [1.807, 2.05) is 26.2 Å². The number of alkyl carbamates (subject to hydrolysis) is 1. The molecule has 20 heavy (non-hydrogen) atoms. The fourth-order valence-corrected chi connectivity index (χ4v) is 2.24. The van der Waals surface area contributed by atoms with Crippen molar-refractivity contribution in [3.63, 3.8) is 0 Å². The molecule has 0 unspecified atom stereocenters. The molecule has 1 aromatic rings. The number of carbonyl (C=O) groups excluding carboxylic acids is 2. The SMILES string of the molecule is CCc1nc(COC(=O)N[C@H](C(=O)OC)C(C)C)cs1. The molecule has 6 nitrogen and oxygen atoms in total. The molecule has 0 aliphatic rings. The molecule has 1 aromatic heterocycles. The Labute approximate surface area is 122 Å². The monoisotopic (exact) mass is 300 g/mol. The lowest BCUT2D eigenvalue weighted by Crippen LogP contribution is -2.45. The van der Waals surface area contributed by atoms with Crippen molar-refractivity contribution >= 4 is 23.4 Å². The third-order valence-corrected chi connectivity index (χ3v) is 3.69. The number of aryl methyl sites for hydroxylation is 1. The van der Waals surface area contributed by atoms with Gasteiger partial charge in [0.2, 0.25) is 0 Å². The topological polar surface area (TPSA) is 77.5 Å². The number of hydrogen-bond acceptors (Lipinski definition) is 6. The highest BCUT2D eigenvalue weighted by Gasteiger charge is 2.25. The van der Waals surface area contributed by atoms with Gasteiger partial charge in [-0.3, -0.25) is 0 Å². The number of methoxy groups -OCH3 is 1. The van der Waals surface area contributed by atoms with Crippen LogP contribution in [0, 0.1) is 5.92 Å². The zero-order chi connectivity index (χ0) is 15.1. The van der Waals surface area contributed by atoms with E-state index >= 15 is 0 Å². The maximum atomic E-state index is 11.7. The molecule has 0 saturated heterocycles. The largest absolute Gasteiger partial charge is 0.467 e. The predicted octanol–water partition coefficient (Wildman–Crippen LogP) is 2.13. The Balaban J connectivity index is 2.47. The van der Waals surface area contributed by atoms with E-state index in [9.17, 15) is 9.59 Å². The summed E-state index contributed by atoms with van der Waals surface area (Å²) < 4.78 is 9.68. The molecule has 0 saturated carbocycles. The molecule has 1 N–H and O–H groups in total. The van der Waals surface area contributed by atoms with E-state index < -0.39 is 18.1 Å². The molecule has 1 heterocycles. The molecule has 1 rings (SSSR count). The number of aromatic nitrogens is 1. The van der Waals surface area contributed by atoms with Crippen LogP contribution in [-0.2, 0) is 27.3 Å². The zero-order valence-electron chi connectivity index (χ0n) is 12.1. The van der Waals surface area contributed by atoms with Crippen molar-refractivity contribution < 1.29 is 19.1 Å². The first-order valence-corrected chi connectivity index (χ1v) is 7.30. The second-order valence-corrected chi connectivity index (χ2v) is 5.49. The van der Waals surface area contributed by atoms with Crippen molar-refractivity contribution in [2.24, 2.45) is 5.92 Å². The number of hydrogen-bond donors (Lipinski definition) is 1. The van der Waals surface area contributed by atoms with Crippen molar-refractivity contribution in [3.8, 4) is 0 Å². The second kappa shape index (κ2) is 7.84. The average Bonchev–Trinajstić information content (AvgIpc) is 2.89. The summed E-state index contributed by atoms with van der Waals surface area (Å²) in [5.74, 6) is -0.570. The number of nitrogens with one attached hydrogen (secondary N) is 1. The van der Waals surface area contributed by atoms with Gasteiger partial charge in [-0.15, -0.1) is 11.3 Å². The highest BCUT2D eigenvalue weighted by molar-refractivity contribution is 7.09. The molecular formula is C13H20N2O4S. The number of thiazole rings is 1. The van der Waals surface area contributed by atoms with E-state index in [1.54, 1.807) is 0 Å². The Kier molecular flexibility index (Phi) is 6.44. The molecule has 0 aliphatic carbocycles. The fraction of sp³-hybridized carbons (Fsp3) is 0.615. The molecule has 7 heteroatoms. The fourth-order valence-electron chi connectivity index (χ4n) is 1.51. The van der Waals surface area contributed by atoms with Crippen molar-refractivity contribution in [1.82, 2.24) is 10.3 Å². The summed E-state index contributed by atoms with van der Waals surface area (Å²) >= 11 is 1.53. The van der Waals surface area contributed by atoms with Gasteiger partial charge in [-0.05, 0) is 12.3 Å². The molecule has 0 bridgehead atoms. The van der Waals surface area contributed by atoms with Crippen molar-refractivity contribution in [2.75, 3.05) is 7.11 Å². The Morgan fingerprint density at radius 2 is 2.15 bits per heavy atom. The lowest BCUT2D eigenvalue weighted by molar-refractivity contribution is -0.144. The van der Waals surface area contributed by atoms with Gasteiger partial charge in [0.1, 0.15) is 12.6 Å². The molecule has 0 aromatic carbocycles. The van der Waals surface area contributed by atoms with Gasteiger partial charge in [-0.2, -0.15) is 0 Å². The van der Waals surface area contributed by atoms with Gasteiger partial charge in [0, 0.05) is 5.38 Å². The van der Waals surface area contributed by atoms with Crippen molar-refractivity contribution in [2.45, 2.75) is 39.8 Å². The molecule has 1 amide bonds. The van der Waals surface area contributed by atoms with Gasteiger partial charge in [0.15, 0.2) is 0 Å². The Morgan fingerprint density at radius 3 is 2.65 bits per heavy atom. The Hall–Kier alpha value is -1.63. The number of nitrogens with zero attached hydrogens (tertiary/aromatic N) is 1. The highest BCUT2D eigenvalue weighted by Crippen LogP contribution is 2.11. The van der Waals surface area contributed by atoms with Crippen LogP contribution < -0.4 is 5.32 Å². The van der Waals surface area contributed by atoms with E-state index in [4.69, 9.17) is 4.74 Å². The van der Waals surface area contributed by atoms with Crippen LogP contribution in [0.25, 0.3) is 0 Å². The maximum absolute atomic E-state index is 11.7. The second-order valence-electron chi connectivity index (χ2n) is 4.55. The quantitative estimate of drug-likeness (QED) is 0.814. The van der Waals surface area contributed by atoms with Gasteiger partial charge in [-0.25, -0.2) is 14.6 Å². The molecular weight excluding hydrogens is 280 g/mol. The normalized spacial score (nSPS) is 12.1. The standard InChI is InChI=1S/C13H20N2O4S/c1-5-10-14-9(7-20-10)6-19-13(17)15-11(8(2)3)12(16)18-4/h7-8,11H,5-6H2,1-4H3,(H,15,17)/t11-/m0/s1. The zero-order valence-corrected chi connectivity index (χ0v) is 13.0. The number of amides is 1. The van der Waals surface area contributed by atoms with Gasteiger partial charge in [-0.1, -0.05) is 20.8 Å². The summed E-state index contributed by atoms with van der Waals surface area (Å²) in [5, 5.41) is 5.35. The van der Waals surface area contributed by atoms with Crippen LogP contribution in [-0.4, -0.2) is 30.2 Å².